The van der Waals surface area contributed by atoms with Crippen LogP contribution in [0.1, 0.15) is 42.1 Å². The molecule has 2 aliphatic rings. The first-order chi connectivity index (χ1) is 21.9. The molecule has 3 heterocycles. The van der Waals surface area contributed by atoms with Crippen LogP contribution >= 0.6 is 0 Å². The van der Waals surface area contributed by atoms with Gasteiger partial charge in [-0.3, -0.25) is 4.79 Å². The second kappa shape index (κ2) is 12.3. The Bertz CT molecular complexity index is 1740. The van der Waals surface area contributed by atoms with E-state index in [1.165, 1.54) is 12.1 Å². The van der Waals surface area contributed by atoms with Gasteiger partial charge in [-0.1, -0.05) is 60.7 Å². The van der Waals surface area contributed by atoms with Gasteiger partial charge in [0.15, 0.2) is 0 Å². The summed E-state index contributed by atoms with van der Waals surface area (Å²) in [5.74, 6) is -0.974. The molecule has 0 aliphatic carbocycles. The largest absolute Gasteiger partial charge is 0.480 e. The molecule has 0 bridgehead atoms. The van der Waals surface area contributed by atoms with E-state index in [1.807, 2.05) is 43.0 Å². The van der Waals surface area contributed by atoms with Gasteiger partial charge in [0.05, 0.1) is 0 Å². The number of ether oxygens (including phenoxy) is 1. The number of benzene rings is 3. The highest BCUT2D eigenvalue weighted by Crippen LogP contribution is 2.44. The molecule has 6 rings (SSSR count). The Morgan fingerprint density at radius 3 is 2.33 bits per heavy atom. The number of nitrogens with zero attached hydrogens (tertiary/aromatic N) is 3. The summed E-state index contributed by atoms with van der Waals surface area (Å²) >= 11 is 0. The topological polar surface area (TPSA) is 114 Å². The highest BCUT2D eigenvalue weighted by molar-refractivity contribution is 5.76. The molecule has 1 aromatic heterocycles. The fourth-order valence-corrected chi connectivity index (χ4v) is 6.52. The second-order valence-corrected chi connectivity index (χ2v) is 12.4. The number of aryl methyl sites for hydroxylation is 2. The second-order valence-electron chi connectivity index (χ2n) is 12.4. The predicted octanol–water partition coefficient (Wildman–Crippen LogP) is 6.73. The number of nitrogens with one attached hydrogen (secondary N) is 1. The van der Waals surface area contributed by atoms with Gasteiger partial charge in [0.1, 0.15) is 11.9 Å². The molecule has 0 radical (unpaired) electrons. The van der Waals surface area contributed by atoms with Crippen LogP contribution in [0.5, 0.6) is 5.88 Å². The first-order valence-corrected chi connectivity index (χ1v) is 15.3. The number of hydrogen-bond donors (Lipinski definition) is 3. The third-order valence-electron chi connectivity index (χ3n) is 9.31. The lowest BCUT2D eigenvalue weighted by molar-refractivity contribution is -0.198. The van der Waals surface area contributed by atoms with Crippen molar-refractivity contribution in [2.45, 2.75) is 51.4 Å². The number of rotatable bonds is 7. The van der Waals surface area contributed by atoms with E-state index in [2.05, 4.69) is 15.3 Å². The molecular formula is C35H36F3N5O3. The van der Waals surface area contributed by atoms with Gasteiger partial charge >= 0.3 is 12.1 Å². The number of aromatic nitrogens is 2. The average Bonchev–Trinajstić information content (AvgIpc) is 3.45. The zero-order valence-corrected chi connectivity index (χ0v) is 25.6. The molecule has 2 atom stereocenters. The lowest BCUT2D eigenvalue weighted by Gasteiger charge is -2.39. The Hall–Kier alpha value is -4.64. The molecule has 2 saturated heterocycles. The Morgan fingerprint density at radius 1 is 0.978 bits per heavy atom. The number of carboxylic acid groups (broad SMARTS) is 1. The van der Waals surface area contributed by atoms with E-state index in [9.17, 15) is 23.1 Å². The van der Waals surface area contributed by atoms with Gasteiger partial charge in [-0.25, -0.2) is 0 Å². The molecule has 46 heavy (non-hydrogen) atoms. The fourth-order valence-electron chi connectivity index (χ4n) is 6.52. The number of nitrogens with two attached hydrogens (primary N) is 1. The minimum Gasteiger partial charge on any atom is -0.480 e. The van der Waals surface area contributed by atoms with Gasteiger partial charge in [-0.2, -0.15) is 23.1 Å². The maximum Gasteiger partial charge on any atom is 0.429 e. The van der Waals surface area contributed by atoms with E-state index < -0.39 is 24.3 Å². The summed E-state index contributed by atoms with van der Waals surface area (Å²) < 4.78 is 50.3. The summed E-state index contributed by atoms with van der Waals surface area (Å²) in [5, 5.41) is 12.5. The Morgan fingerprint density at radius 2 is 1.67 bits per heavy atom. The molecule has 240 valence electrons. The summed E-state index contributed by atoms with van der Waals surface area (Å²) in [6.45, 7) is 5.72. The van der Waals surface area contributed by atoms with Crippen LogP contribution in [0, 0.1) is 19.3 Å². The van der Waals surface area contributed by atoms with E-state index in [1.54, 1.807) is 36.4 Å². The van der Waals surface area contributed by atoms with Crippen LogP contribution in [-0.2, 0) is 4.79 Å². The average molecular weight is 632 g/mol. The van der Waals surface area contributed by atoms with Crippen LogP contribution in [0.25, 0.3) is 22.3 Å². The number of anilines is 2. The van der Waals surface area contributed by atoms with Crippen LogP contribution in [-0.4, -0.2) is 52.9 Å². The zero-order chi connectivity index (χ0) is 32.6. The first-order valence-electron chi connectivity index (χ1n) is 15.3. The third-order valence-corrected chi connectivity index (χ3v) is 9.31. The Balaban J connectivity index is 1.31. The van der Waals surface area contributed by atoms with Gasteiger partial charge in [0, 0.05) is 31.3 Å². The highest BCUT2D eigenvalue weighted by atomic mass is 19.4. The van der Waals surface area contributed by atoms with Gasteiger partial charge in [0.2, 0.25) is 17.9 Å². The molecule has 4 aromatic rings. The number of carbonyl (C=O) groups is 1. The molecule has 1 spiro atoms. The molecule has 0 saturated carbocycles. The molecule has 4 N–H and O–H groups in total. The van der Waals surface area contributed by atoms with Gasteiger partial charge in [-0.15, -0.1) is 0 Å². The molecule has 2 unspecified atom stereocenters. The molecule has 3 aromatic carbocycles. The number of alkyl halides is 3. The van der Waals surface area contributed by atoms with E-state index in [4.69, 9.17) is 10.5 Å². The quantitative estimate of drug-likeness (QED) is 0.206. The van der Waals surface area contributed by atoms with E-state index in [0.717, 1.165) is 22.3 Å². The van der Waals surface area contributed by atoms with Crippen molar-refractivity contribution in [2.24, 2.45) is 5.41 Å². The van der Waals surface area contributed by atoms with Gasteiger partial charge in [0.25, 0.3) is 0 Å². The van der Waals surface area contributed by atoms with Crippen LogP contribution in [0.15, 0.2) is 72.8 Å². The smallest absolute Gasteiger partial charge is 0.429 e. The third kappa shape index (κ3) is 6.50. The van der Waals surface area contributed by atoms with Gasteiger partial charge < -0.3 is 25.8 Å². The molecule has 11 heteroatoms. The summed E-state index contributed by atoms with van der Waals surface area (Å²) in [5.41, 5.74) is 10.7. The van der Waals surface area contributed by atoms with Crippen LogP contribution < -0.4 is 20.7 Å². The highest BCUT2D eigenvalue weighted by Gasteiger charge is 2.46. The fraction of sp³-hybridized carbons (Fsp3) is 0.343. The Labute approximate surface area is 265 Å². The van der Waals surface area contributed by atoms with Crippen LogP contribution in [0.2, 0.25) is 0 Å². The van der Waals surface area contributed by atoms with Crippen molar-refractivity contribution in [3.8, 4) is 28.1 Å². The van der Waals surface area contributed by atoms with Crippen molar-refractivity contribution in [3.63, 3.8) is 0 Å². The molecule has 2 aliphatic heterocycles. The summed E-state index contributed by atoms with van der Waals surface area (Å²) in [6, 6.07) is 20.7. The summed E-state index contributed by atoms with van der Waals surface area (Å²) in [6.07, 6.45) is -5.15. The molecule has 8 nitrogen and oxygen atoms in total. The number of aliphatic carboxylic acids is 1. The standard InChI is InChI=1S/C35H36F3N5O3/c1-21-8-9-24(16-22(21)2)25-10-11-26(27(17-25)23-6-4-3-5-7-23)31(35(36,37)38)46-30-18-29(41-33(39)42-30)43-14-12-34(13-15-43)19-28(32(44)45)40-20-34/h3-11,16-18,28,31,40H,12-15,19-20H2,1-2H3,(H,44,45)(H2,39,41,42). The molecular weight excluding hydrogens is 595 g/mol. The lowest BCUT2D eigenvalue weighted by Crippen LogP contribution is -2.41. The van der Waals surface area contributed by atoms with E-state index in [0.29, 0.717) is 55.8 Å². The molecule has 0 amide bonds. The number of carboxylic acids is 1. The monoisotopic (exact) mass is 631 g/mol. The van der Waals surface area contributed by atoms with Crippen molar-refractivity contribution in [3.05, 3.63) is 89.5 Å². The Kier molecular flexibility index (Phi) is 8.37. The van der Waals surface area contributed by atoms with Gasteiger partial charge in [-0.05, 0) is 78.0 Å². The van der Waals surface area contributed by atoms with Crippen molar-refractivity contribution in [2.75, 3.05) is 30.3 Å². The maximum atomic E-state index is 14.9. The summed E-state index contributed by atoms with van der Waals surface area (Å²) in [4.78, 5) is 21.7. The zero-order valence-electron chi connectivity index (χ0n) is 25.6. The van der Waals surface area contributed by atoms with Crippen molar-refractivity contribution in [1.82, 2.24) is 15.3 Å². The number of halogens is 3. The number of hydrogen-bond acceptors (Lipinski definition) is 7. The minimum absolute atomic E-state index is 0.0494. The van der Waals surface area contributed by atoms with Crippen LogP contribution in [0.3, 0.4) is 0 Å². The number of piperidine rings is 1. The van der Waals surface area contributed by atoms with E-state index in [-0.39, 0.29) is 22.8 Å². The first kappa shape index (κ1) is 31.3. The van der Waals surface area contributed by atoms with Crippen molar-refractivity contribution < 1.29 is 27.8 Å². The van der Waals surface area contributed by atoms with Crippen LogP contribution in [0.4, 0.5) is 24.9 Å². The number of nitrogen functional groups attached to an aromatic ring is 1. The van der Waals surface area contributed by atoms with E-state index >= 15 is 0 Å². The molecule has 2 fully saturated rings. The predicted molar refractivity (Wildman–Crippen MR) is 171 cm³/mol. The maximum absolute atomic E-state index is 14.9. The SMILES string of the molecule is Cc1ccc(-c2ccc(C(Oc3cc(N4CCC5(CC4)CNC(C(=O)O)C5)nc(N)n3)C(F)(F)F)c(-c3ccccc3)c2)cc1C. The normalized spacial score (nSPS) is 18.5. The minimum atomic E-state index is -4.78. The van der Waals surface area contributed by atoms with Crippen molar-refractivity contribution >= 4 is 17.7 Å². The lowest BCUT2D eigenvalue weighted by atomic mass is 9.76. The summed E-state index contributed by atoms with van der Waals surface area (Å²) in [7, 11) is 0. The van der Waals surface area contributed by atoms with Crippen molar-refractivity contribution in [1.29, 1.82) is 0 Å².